The lowest BCUT2D eigenvalue weighted by atomic mass is 10.2. The van der Waals surface area contributed by atoms with E-state index in [1.807, 2.05) is 36.1 Å². The lowest BCUT2D eigenvalue weighted by Gasteiger charge is -2.05. The van der Waals surface area contributed by atoms with Crippen molar-refractivity contribution in [1.82, 2.24) is 9.88 Å². The number of carbonyl (C=O) groups excluding carboxylic acids is 1. The number of aromatic nitrogens is 1. The number of benzene rings is 1. The molecule has 3 nitrogen and oxygen atoms in total. The van der Waals surface area contributed by atoms with Gasteiger partial charge in [0, 0.05) is 26.0 Å². The third kappa shape index (κ3) is 3.14. The third-order valence-corrected chi connectivity index (χ3v) is 3.04. The summed E-state index contributed by atoms with van der Waals surface area (Å²) in [5.41, 5.74) is 1.73. The van der Waals surface area contributed by atoms with E-state index in [0.29, 0.717) is 17.1 Å². The molecule has 2 rings (SSSR count). The number of nitrogens with one attached hydrogen (secondary N) is 1. The zero-order valence-corrected chi connectivity index (χ0v) is 10.9. The summed E-state index contributed by atoms with van der Waals surface area (Å²) in [5.74, 6) is -0.128. The molecule has 0 spiro atoms. The molecule has 0 aliphatic rings. The summed E-state index contributed by atoms with van der Waals surface area (Å²) in [4.78, 5) is 11.9. The molecule has 1 aromatic heterocycles. The van der Waals surface area contributed by atoms with Gasteiger partial charge in [0.2, 0.25) is 0 Å². The van der Waals surface area contributed by atoms with Crippen molar-refractivity contribution in [1.29, 1.82) is 0 Å². The van der Waals surface area contributed by atoms with E-state index in [1.165, 1.54) is 5.56 Å². The average molecular weight is 263 g/mol. The summed E-state index contributed by atoms with van der Waals surface area (Å²) in [6.07, 6.45) is 4.85. The molecular formula is C14H15ClN2O. The van der Waals surface area contributed by atoms with E-state index in [-0.39, 0.29) is 5.91 Å². The zero-order chi connectivity index (χ0) is 13.0. The molecule has 1 heterocycles. The Hall–Kier alpha value is -1.74. The summed E-state index contributed by atoms with van der Waals surface area (Å²) >= 11 is 5.95. The van der Waals surface area contributed by atoms with Gasteiger partial charge in [-0.05, 0) is 30.2 Å². The minimum atomic E-state index is -0.128. The summed E-state index contributed by atoms with van der Waals surface area (Å²) in [6.45, 7) is 0.605. The van der Waals surface area contributed by atoms with Crippen LogP contribution in [0.1, 0.15) is 15.9 Å². The van der Waals surface area contributed by atoms with Crippen LogP contribution < -0.4 is 5.32 Å². The van der Waals surface area contributed by atoms with Crippen LogP contribution >= 0.6 is 11.6 Å². The summed E-state index contributed by atoms with van der Waals surface area (Å²) < 4.78 is 1.99. The molecule has 1 amide bonds. The van der Waals surface area contributed by atoms with Gasteiger partial charge in [0.15, 0.2) is 0 Å². The van der Waals surface area contributed by atoms with Gasteiger partial charge >= 0.3 is 0 Å². The van der Waals surface area contributed by atoms with Gasteiger partial charge in [0.25, 0.3) is 5.91 Å². The molecule has 1 N–H and O–H groups in total. The Bertz CT molecular complexity index is 548. The number of amides is 1. The van der Waals surface area contributed by atoms with E-state index in [9.17, 15) is 4.79 Å². The van der Waals surface area contributed by atoms with Gasteiger partial charge in [-0.2, -0.15) is 0 Å². The maximum atomic E-state index is 11.9. The van der Waals surface area contributed by atoms with Crippen LogP contribution in [0, 0.1) is 0 Å². The largest absolute Gasteiger partial charge is 0.357 e. The Morgan fingerprint density at radius 3 is 2.78 bits per heavy atom. The normalized spacial score (nSPS) is 10.3. The molecule has 0 unspecified atom stereocenters. The quantitative estimate of drug-likeness (QED) is 0.903. The smallest absolute Gasteiger partial charge is 0.252 e. The molecule has 18 heavy (non-hydrogen) atoms. The van der Waals surface area contributed by atoms with E-state index in [1.54, 1.807) is 18.2 Å². The van der Waals surface area contributed by atoms with Crippen LogP contribution in [0.15, 0.2) is 42.7 Å². The van der Waals surface area contributed by atoms with E-state index in [4.69, 9.17) is 11.6 Å². The van der Waals surface area contributed by atoms with Crippen molar-refractivity contribution >= 4 is 17.5 Å². The fourth-order valence-corrected chi connectivity index (χ4v) is 1.99. The number of rotatable bonds is 4. The number of hydrogen-bond acceptors (Lipinski definition) is 1. The predicted octanol–water partition coefficient (Wildman–Crippen LogP) is 2.65. The van der Waals surface area contributed by atoms with Crippen molar-refractivity contribution < 1.29 is 4.79 Å². The molecule has 0 radical (unpaired) electrons. The number of aryl methyl sites for hydroxylation is 1. The van der Waals surface area contributed by atoms with Crippen molar-refractivity contribution in [3.8, 4) is 0 Å². The van der Waals surface area contributed by atoms with Gasteiger partial charge < -0.3 is 9.88 Å². The Kier molecular flexibility index (Phi) is 4.05. The highest BCUT2D eigenvalue weighted by Crippen LogP contribution is 2.14. The highest BCUT2D eigenvalue weighted by molar-refractivity contribution is 6.33. The third-order valence-electron chi connectivity index (χ3n) is 2.71. The number of nitrogens with zero attached hydrogens (tertiary/aromatic N) is 1. The molecule has 0 saturated heterocycles. The fraction of sp³-hybridized carbons (Fsp3) is 0.214. The molecule has 0 aliphatic carbocycles. The van der Waals surface area contributed by atoms with E-state index in [0.717, 1.165) is 6.42 Å². The number of hydrogen-bond donors (Lipinski definition) is 1. The minimum absolute atomic E-state index is 0.128. The standard InChI is InChI=1S/C14H15ClN2O/c1-17-9-7-11(10-17)6-8-16-14(18)12-4-2-3-5-13(12)15/h2-5,7,9-10H,6,8H2,1H3,(H,16,18). The van der Waals surface area contributed by atoms with Crippen LogP contribution in [0.2, 0.25) is 5.02 Å². The first-order chi connectivity index (χ1) is 8.66. The molecular weight excluding hydrogens is 248 g/mol. The Morgan fingerprint density at radius 1 is 1.33 bits per heavy atom. The molecule has 2 aromatic rings. The van der Waals surface area contributed by atoms with Gasteiger partial charge in [-0.15, -0.1) is 0 Å². The van der Waals surface area contributed by atoms with Gasteiger partial charge in [-0.25, -0.2) is 0 Å². The number of halogens is 1. The average Bonchev–Trinajstić information content (AvgIpc) is 2.75. The highest BCUT2D eigenvalue weighted by atomic mass is 35.5. The van der Waals surface area contributed by atoms with Gasteiger partial charge in [0.05, 0.1) is 10.6 Å². The minimum Gasteiger partial charge on any atom is -0.357 e. The van der Waals surface area contributed by atoms with Crippen molar-refractivity contribution in [3.05, 3.63) is 58.9 Å². The Balaban J connectivity index is 1.87. The van der Waals surface area contributed by atoms with Gasteiger partial charge in [0.1, 0.15) is 0 Å². The molecule has 94 valence electrons. The monoisotopic (exact) mass is 262 g/mol. The number of carbonyl (C=O) groups is 1. The Labute approximate surface area is 111 Å². The SMILES string of the molecule is Cn1ccc(CCNC(=O)c2ccccc2Cl)c1. The first-order valence-corrected chi connectivity index (χ1v) is 6.18. The van der Waals surface area contributed by atoms with Crippen LogP contribution in [0.3, 0.4) is 0 Å². The maximum Gasteiger partial charge on any atom is 0.252 e. The second-order valence-electron chi connectivity index (χ2n) is 4.17. The van der Waals surface area contributed by atoms with E-state index < -0.39 is 0 Å². The van der Waals surface area contributed by atoms with Gasteiger partial charge in [-0.1, -0.05) is 23.7 Å². The second-order valence-corrected chi connectivity index (χ2v) is 4.58. The lowest BCUT2D eigenvalue weighted by Crippen LogP contribution is -2.25. The predicted molar refractivity (Wildman–Crippen MR) is 72.9 cm³/mol. The zero-order valence-electron chi connectivity index (χ0n) is 10.2. The molecule has 0 bridgehead atoms. The van der Waals surface area contributed by atoms with Gasteiger partial charge in [-0.3, -0.25) is 4.79 Å². The molecule has 0 aliphatic heterocycles. The Morgan fingerprint density at radius 2 is 2.11 bits per heavy atom. The van der Waals surface area contributed by atoms with Crippen LogP contribution in [0.5, 0.6) is 0 Å². The highest BCUT2D eigenvalue weighted by Gasteiger charge is 2.08. The summed E-state index contributed by atoms with van der Waals surface area (Å²) in [5, 5.41) is 3.35. The van der Waals surface area contributed by atoms with Crippen LogP contribution in [-0.4, -0.2) is 17.0 Å². The molecule has 0 fully saturated rings. The van der Waals surface area contributed by atoms with Crippen LogP contribution in [0.4, 0.5) is 0 Å². The van der Waals surface area contributed by atoms with Crippen molar-refractivity contribution in [2.45, 2.75) is 6.42 Å². The first-order valence-electron chi connectivity index (χ1n) is 5.80. The van der Waals surface area contributed by atoms with Crippen molar-refractivity contribution in [2.75, 3.05) is 6.54 Å². The van der Waals surface area contributed by atoms with Crippen LogP contribution in [-0.2, 0) is 13.5 Å². The first kappa shape index (κ1) is 12.7. The van der Waals surface area contributed by atoms with Crippen molar-refractivity contribution in [3.63, 3.8) is 0 Å². The molecule has 1 aromatic carbocycles. The second kappa shape index (κ2) is 5.74. The molecule has 4 heteroatoms. The maximum absolute atomic E-state index is 11.9. The van der Waals surface area contributed by atoms with E-state index in [2.05, 4.69) is 5.32 Å². The summed E-state index contributed by atoms with van der Waals surface area (Å²) in [6, 6.07) is 9.09. The summed E-state index contributed by atoms with van der Waals surface area (Å²) in [7, 11) is 1.98. The molecule has 0 saturated carbocycles. The van der Waals surface area contributed by atoms with Crippen molar-refractivity contribution in [2.24, 2.45) is 7.05 Å². The van der Waals surface area contributed by atoms with Crippen LogP contribution in [0.25, 0.3) is 0 Å². The topological polar surface area (TPSA) is 34.0 Å². The molecule has 0 atom stereocenters. The van der Waals surface area contributed by atoms with E-state index >= 15 is 0 Å². The fourth-order valence-electron chi connectivity index (χ4n) is 1.77. The lowest BCUT2D eigenvalue weighted by molar-refractivity contribution is 0.0954.